The Hall–Kier alpha value is -1.20. The lowest BCUT2D eigenvalue weighted by atomic mass is 10.1. The quantitative estimate of drug-likeness (QED) is 0.677. The third kappa shape index (κ3) is 4.58. The van der Waals surface area contributed by atoms with Crippen LogP contribution in [0.25, 0.3) is 0 Å². The van der Waals surface area contributed by atoms with Crippen molar-refractivity contribution in [2.45, 2.75) is 38.8 Å². The molecule has 1 aromatic rings. The number of carbonyl (C=O) groups is 1. The number of aromatic nitrogens is 1. The van der Waals surface area contributed by atoms with Gasteiger partial charge in [-0.2, -0.15) is 0 Å². The highest BCUT2D eigenvalue weighted by atomic mass is 35.5. The Bertz CT molecular complexity index is 446. The lowest BCUT2D eigenvalue weighted by Crippen LogP contribution is -2.39. The number of ether oxygens (including phenoxy) is 1. The van der Waals surface area contributed by atoms with Gasteiger partial charge in [-0.3, -0.25) is 4.79 Å². The standard InChI is InChI=1S/C12H16ClFN2O2/c1-12(2,3)18-11(17)9(15)4-7-5-10(13)16-6-8(7)14/h5-6,9H,4,15H2,1-3H3/t9-/m1/s1. The maximum atomic E-state index is 13.4. The zero-order valence-electron chi connectivity index (χ0n) is 10.5. The molecule has 6 heteroatoms. The highest BCUT2D eigenvalue weighted by Gasteiger charge is 2.23. The molecule has 0 saturated heterocycles. The largest absolute Gasteiger partial charge is 0.459 e. The van der Waals surface area contributed by atoms with E-state index in [-0.39, 0.29) is 17.1 Å². The van der Waals surface area contributed by atoms with Crippen LogP contribution in [0.1, 0.15) is 26.3 Å². The number of halogens is 2. The molecule has 0 bridgehead atoms. The van der Waals surface area contributed by atoms with Crippen molar-refractivity contribution in [1.82, 2.24) is 4.98 Å². The minimum absolute atomic E-state index is 0.0169. The lowest BCUT2D eigenvalue weighted by molar-refractivity contribution is -0.156. The summed E-state index contributed by atoms with van der Waals surface area (Å²) in [6.07, 6.45) is 1.02. The molecule has 1 heterocycles. The minimum atomic E-state index is -0.933. The molecule has 0 aromatic carbocycles. The molecule has 100 valence electrons. The van der Waals surface area contributed by atoms with Gasteiger partial charge in [0.2, 0.25) is 0 Å². The van der Waals surface area contributed by atoms with Gasteiger partial charge in [0.15, 0.2) is 0 Å². The number of hydrogen-bond donors (Lipinski definition) is 1. The first-order chi connectivity index (χ1) is 8.19. The topological polar surface area (TPSA) is 65.2 Å². The molecule has 18 heavy (non-hydrogen) atoms. The number of esters is 1. The van der Waals surface area contributed by atoms with Crippen LogP contribution in [0, 0.1) is 5.82 Å². The Morgan fingerprint density at radius 3 is 2.78 bits per heavy atom. The van der Waals surface area contributed by atoms with Crippen molar-refractivity contribution in [2.24, 2.45) is 5.73 Å². The maximum absolute atomic E-state index is 13.4. The molecule has 2 N–H and O–H groups in total. The Labute approximate surface area is 110 Å². The lowest BCUT2D eigenvalue weighted by Gasteiger charge is -2.22. The Morgan fingerprint density at radius 1 is 1.61 bits per heavy atom. The number of hydrogen-bond acceptors (Lipinski definition) is 4. The summed E-state index contributed by atoms with van der Waals surface area (Å²) in [7, 11) is 0. The molecule has 0 aliphatic heterocycles. The molecule has 0 aliphatic rings. The highest BCUT2D eigenvalue weighted by Crippen LogP contribution is 2.15. The van der Waals surface area contributed by atoms with Gasteiger partial charge in [-0.25, -0.2) is 9.37 Å². The van der Waals surface area contributed by atoms with Crippen LogP contribution in [-0.2, 0) is 16.0 Å². The van der Waals surface area contributed by atoms with E-state index < -0.39 is 23.4 Å². The predicted octanol–water partition coefficient (Wildman–Crippen LogP) is 2.09. The van der Waals surface area contributed by atoms with E-state index in [4.69, 9.17) is 22.1 Å². The van der Waals surface area contributed by atoms with Crippen LogP contribution < -0.4 is 5.73 Å². The minimum Gasteiger partial charge on any atom is -0.459 e. The van der Waals surface area contributed by atoms with E-state index in [9.17, 15) is 9.18 Å². The highest BCUT2D eigenvalue weighted by molar-refractivity contribution is 6.29. The fourth-order valence-electron chi connectivity index (χ4n) is 1.31. The smallest absolute Gasteiger partial charge is 0.323 e. The van der Waals surface area contributed by atoms with Crippen molar-refractivity contribution < 1.29 is 13.9 Å². The molecule has 1 rings (SSSR count). The number of nitrogens with two attached hydrogens (primary N) is 1. The van der Waals surface area contributed by atoms with Crippen LogP contribution in [-0.4, -0.2) is 22.6 Å². The molecule has 1 atom stereocenters. The molecule has 0 radical (unpaired) electrons. The van der Waals surface area contributed by atoms with Crippen LogP contribution in [0.2, 0.25) is 5.15 Å². The Kier molecular flexibility index (Phi) is 4.65. The molecule has 0 aliphatic carbocycles. The number of rotatable bonds is 3. The average molecular weight is 275 g/mol. The molecular formula is C12H16ClFN2O2. The normalized spacial score (nSPS) is 13.2. The summed E-state index contributed by atoms with van der Waals surface area (Å²) >= 11 is 5.65. The second kappa shape index (κ2) is 5.63. The van der Waals surface area contributed by atoms with Gasteiger partial charge >= 0.3 is 5.97 Å². The summed E-state index contributed by atoms with van der Waals surface area (Å²) in [5.74, 6) is -1.12. The second-order valence-electron chi connectivity index (χ2n) is 4.94. The van der Waals surface area contributed by atoms with Crippen molar-refractivity contribution in [3.8, 4) is 0 Å². The third-order valence-electron chi connectivity index (χ3n) is 2.05. The van der Waals surface area contributed by atoms with Gasteiger partial charge in [0, 0.05) is 6.42 Å². The summed E-state index contributed by atoms with van der Waals surface area (Å²) in [4.78, 5) is 15.2. The van der Waals surface area contributed by atoms with Gasteiger partial charge in [0.25, 0.3) is 0 Å². The number of carbonyl (C=O) groups excluding carboxylic acids is 1. The van der Waals surface area contributed by atoms with Gasteiger partial charge in [-0.15, -0.1) is 0 Å². The van der Waals surface area contributed by atoms with E-state index in [2.05, 4.69) is 4.98 Å². The molecule has 0 spiro atoms. The molecular weight excluding hydrogens is 259 g/mol. The fraction of sp³-hybridized carbons (Fsp3) is 0.500. The van der Waals surface area contributed by atoms with E-state index in [0.29, 0.717) is 0 Å². The molecule has 0 fully saturated rings. The first-order valence-electron chi connectivity index (χ1n) is 5.47. The van der Waals surface area contributed by atoms with Crippen molar-refractivity contribution in [3.63, 3.8) is 0 Å². The molecule has 4 nitrogen and oxygen atoms in total. The van der Waals surface area contributed by atoms with Gasteiger partial charge in [0.1, 0.15) is 22.6 Å². The summed E-state index contributed by atoms with van der Waals surface area (Å²) in [5.41, 5.74) is 5.29. The first-order valence-corrected chi connectivity index (χ1v) is 5.85. The van der Waals surface area contributed by atoms with Crippen LogP contribution in [0.3, 0.4) is 0 Å². The van der Waals surface area contributed by atoms with E-state index in [1.165, 1.54) is 6.07 Å². The molecule has 0 saturated carbocycles. The predicted molar refractivity (Wildman–Crippen MR) is 66.7 cm³/mol. The monoisotopic (exact) mass is 274 g/mol. The number of nitrogens with zero attached hydrogens (tertiary/aromatic N) is 1. The number of pyridine rings is 1. The molecule has 1 aromatic heterocycles. The van der Waals surface area contributed by atoms with Crippen LogP contribution >= 0.6 is 11.6 Å². The van der Waals surface area contributed by atoms with E-state index in [1.807, 2.05) is 0 Å². The van der Waals surface area contributed by atoms with Gasteiger partial charge in [-0.1, -0.05) is 11.6 Å². The van der Waals surface area contributed by atoms with E-state index >= 15 is 0 Å². The molecule has 0 amide bonds. The van der Waals surface area contributed by atoms with Crippen LogP contribution in [0.15, 0.2) is 12.3 Å². The summed E-state index contributed by atoms with van der Waals surface area (Å²) in [6, 6.07) is 0.415. The second-order valence-corrected chi connectivity index (χ2v) is 5.33. The Balaban J connectivity index is 2.72. The van der Waals surface area contributed by atoms with Crippen molar-refractivity contribution in [3.05, 3.63) is 28.8 Å². The maximum Gasteiger partial charge on any atom is 0.323 e. The molecule has 0 unspecified atom stereocenters. The summed E-state index contributed by atoms with van der Waals surface area (Å²) in [5, 5.41) is 0.155. The van der Waals surface area contributed by atoms with Crippen molar-refractivity contribution in [2.75, 3.05) is 0 Å². The summed E-state index contributed by atoms with van der Waals surface area (Å²) < 4.78 is 18.5. The Morgan fingerprint density at radius 2 is 2.22 bits per heavy atom. The van der Waals surface area contributed by atoms with Crippen molar-refractivity contribution in [1.29, 1.82) is 0 Å². The van der Waals surface area contributed by atoms with Crippen LogP contribution in [0.5, 0.6) is 0 Å². The first kappa shape index (κ1) is 14.9. The van der Waals surface area contributed by atoms with Crippen LogP contribution in [0.4, 0.5) is 4.39 Å². The van der Waals surface area contributed by atoms with Gasteiger partial charge < -0.3 is 10.5 Å². The zero-order valence-corrected chi connectivity index (χ0v) is 11.3. The van der Waals surface area contributed by atoms with Gasteiger partial charge in [-0.05, 0) is 32.4 Å². The third-order valence-corrected chi connectivity index (χ3v) is 2.26. The van der Waals surface area contributed by atoms with E-state index in [1.54, 1.807) is 20.8 Å². The van der Waals surface area contributed by atoms with Crippen molar-refractivity contribution >= 4 is 17.6 Å². The summed E-state index contributed by atoms with van der Waals surface area (Å²) in [6.45, 7) is 5.21. The average Bonchev–Trinajstić information content (AvgIpc) is 2.21. The van der Waals surface area contributed by atoms with E-state index in [0.717, 1.165) is 6.20 Å². The van der Waals surface area contributed by atoms with Gasteiger partial charge in [0.05, 0.1) is 6.20 Å². The zero-order chi connectivity index (χ0) is 13.9. The fourth-order valence-corrected chi connectivity index (χ4v) is 1.49. The SMILES string of the molecule is CC(C)(C)OC(=O)[C@H](N)Cc1cc(Cl)ncc1F.